The average Bonchev–Trinajstić information content (AvgIpc) is 3.21. The summed E-state index contributed by atoms with van der Waals surface area (Å²) in [6.45, 7) is 1.12. The topological polar surface area (TPSA) is 86.5 Å². The Morgan fingerprint density at radius 3 is 2.63 bits per heavy atom. The van der Waals surface area contributed by atoms with E-state index in [0.717, 1.165) is 17.7 Å². The van der Waals surface area contributed by atoms with Crippen molar-refractivity contribution in [2.24, 2.45) is 0 Å². The highest BCUT2D eigenvalue weighted by molar-refractivity contribution is 6.00. The minimum atomic E-state index is -0.189. The Kier molecular flexibility index (Phi) is 6.17. The fourth-order valence-corrected chi connectivity index (χ4v) is 2.57. The Balaban J connectivity index is 1.80. The van der Waals surface area contributed by atoms with E-state index in [0.29, 0.717) is 36.0 Å². The third-order valence-electron chi connectivity index (χ3n) is 3.99. The lowest BCUT2D eigenvalue weighted by molar-refractivity contribution is 0.0949. The molecule has 2 aromatic carbocycles. The molecule has 0 aliphatic rings. The van der Waals surface area contributed by atoms with E-state index in [4.69, 9.17) is 14.0 Å². The minimum Gasteiger partial charge on any atom is -0.497 e. The smallest absolute Gasteiger partial charge is 0.259 e. The number of hydrogen-bond donors (Lipinski definition) is 1. The fraction of sp³-hybridized carbons (Fsp3) is 0.250. The second kappa shape index (κ2) is 8.95. The average molecular weight is 367 g/mol. The molecule has 1 aromatic heterocycles. The van der Waals surface area contributed by atoms with Crippen molar-refractivity contribution in [2.45, 2.75) is 6.42 Å². The molecule has 1 heterocycles. The van der Waals surface area contributed by atoms with Gasteiger partial charge in [-0.1, -0.05) is 17.3 Å². The molecule has 0 fully saturated rings. The quantitative estimate of drug-likeness (QED) is 0.616. The zero-order chi connectivity index (χ0) is 19.1. The molecule has 27 heavy (non-hydrogen) atoms. The van der Waals surface area contributed by atoms with Crippen molar-refractivity contribution in [1.82, 2.24) is 15.5 Å². The minimum absolute atomic E-state index is 0.189. The van der Waals surface area contributed by atoms with Gasteiger partial charge in [-0.25, -0.2) is 0 Å². The summed E-state index contributed by atoms with van der Waals surface area (Å²) in [6, 6.07) is 14.5. The third-order valence-corrected chi connectivity index (χ3v) is 3.99. The van der Waals surface area contributed by atoms with Crippen LogP contribution in [0.15, 0.2) is 53.1 Å². The van der Waals surface area contributed by atoms with Crippen LogP contribution < -0.4 is 10.1 Å². The van der Waals surface area contributed by atoms with Gasteiger partial charge in [0.25, 0.3) is 11.8 Å². The summed E-state index contributed by atoms with van der Waals surface area (Å²) in [4.78, 5) is 16.9. The van der Waals surface area contributed by atoms with Gasteiger partial charge in [0.05, 0.1) is 18.2 Å². The van der Waals surface area contributed by atoms with Crippen molar-refractivity contribution >= 4 is 5.91 Å². The van der Waals surface area contributed by atoms with E-state index in [1.807, 2.05) is 30.3 Å². The van der Waals surface area contributed by atoms with Gasteiger partial charge in [0.2, 0.25) is 5.82 Å². The molecule has 0 radical (unpaired) electrons. The highest BCUT2D eigenvalue weighted by atomic mass is 16.5. The predicted molar refractivity (Wildman–Crippen MR) is 101 cm³/mol. The first-order chi connectivity index (χ1) is 13.2. The van der Waals surface area contributed by atoms with Crippen LogP contribution in [0.25, 0.3) is 22.8 Å². The van der Waals surface area contributed by atoms with Crippen LogP contribution in [0.1, 0.15) is 16.8 Å². The number of aromatic nitrogens is 2. The van der Waals surface area contributed by atoms with Crippen molar-refractivity contribution in [3.8, 4) is 28.6 Å². The highest BCUT2D eigenvalue weighted by Crippen LogP contribution is 2.26. The number of benzene rings is 2. The molecule has 0 saturated heterocycles. The van der Waals surface area contributed by atoms with Crippen molar-refractivity contribution in [3.63, 3.8) is 0 Å². The van der Waals surface area contributed by atoms with Gasteiger partial charge in [0.15, 0.2) is 0 Å². The molecule has 1 N–H and O–H groups in total. The van der Waals surface area contributed by atoms with Crippen LogP contribution in [-0.2, 0) is 4.74 Å². The first kappa shape index (κ1) is 18.6. The van der Waals surface area contributed by atoms with Crippen LogP contribution >= 0.6 is 0 Å². The Labute approximate surface area is 157 Å². The van der Waals surface area contributed by atoms with Gasteiger partial charge in [-0.05, 0) is 42.8 Å². The number of nitrogens with zero attached hydrogens (tertiary/aromatic N) is 2. The molecule has 0 spiro atoms. The Bertz CT molecular complexity index is 890. The van der Waals surface area contributed by atoms with E-state index in [1.54, 1.807) is 32.4 Å². The highest BCUT2D eigenvalue weighted by Gasteiger charge is 2.17. The van der Waals surface area contributed by atoms with E-state index < -0.39 is 0 Å². The summed E-state index contributed by atoms with van der Waals surface area (Å²) < 4.78 is 15.5. The van der Waals surface area contributed by atoms with Crippen molar-refractivity contribution in [2.75, 3.05) is 27.4 Å². The largest absolute Gasteiger partial charge is 0.497 e. The predicted octanol–water partition coefficient (Wildman–Crippen LogP) is 3.18. The number of methoxy groups -OCH3 is 2. The summed E-state index contributed by atoms with van der Waals surface area (Å²) in [6.07, 6.45) is 0.743. The van der Waals surface area contributed by atoms with Gasteiger partial charge >= 0.3 is 0 Å². The molecule has 0 saturated carbocycles. The number of carbonyl (C=O) groups excluding carboxylic acids is 1. The molecule has 0 aliphatic heterocycles. The van der Waals surface area contributed by atoms with Gasteiger partial charge in [-0.3, -0.25) is 4.79 Å². The molecular weight excluding hydrogens is 346 g/mol. The Morgan fingerprint density at radius 2 is 1.89 bits per heavy atom. The van der Waals surface area contributed by atoms with Crippen LogP contribution in [0, 0.1) is 0 Å². The zero-order valence-corrected chi connectivity index (χ0v) is 15.3. The molecule has 0 unspecified atom stereocenters. The third kappa shape index (κ3) is 4.51. The van der Waals surface area contributed by atoms with Crippen LogP contribution in [0.2, 0.25) is 0 Å². The van der Waals surface area contributed by atoms with Crippen molar-refractivity contribution in [1.29, 1.82) is 0 Å². The zero-order valence-electron chi connectivity index (χ0n) is 15.3. The standard InChI is InChI=1S/C20H21N3O4/c1-25-13-5-12-21-19(24)16-6-3-4-7-17(16)20-22-18(23-27-20)14-8-10-15(26-2)11-9-14/h3-4,6-11H,5,12-13H2,1-2H3,(H,21,24). The molecule has 1 amide bonds. The summed E-state index contributed by atoms with van der Waals surface area (Å²) in [5.74, 6) is 1.30. The molecule has 0 atom stereocenters. The number of hydrogen-bond acceptors (Lipinski definition) is 6. The molecular formula is C20H21N3O4. The van der Waals surface area contributed by atoms with Crippen LogP contribution in [0.4, 0.5) is 0 Å². The second-order valence-electron chi connectivity index (χ2n) is 5.80. The van der Waals surface area contributed by atoms with E-state index >= 15 is 0 Å². The Morgan fingerprint density at radius 1 is 1.11 bits per heavy atom. The molecule has 3 aromatic rings. The van der Waals surface area contributed by atoms with E-state index in [2.05, 4.69) is 15.5 Å². The van der Waals surface area contributed by atoms with Crippen LogP contribution in [0.3, 0.4) is 0 Å². The van der Waals surface area contributed by atoms with Gasteiger partial charge in [-0.2, -0.15) is 4.98 Å². The number of nitrogens with one attached hydrogen (secondary N) is 1. The van der Waals surface area contributed by atoms with Gasteiger partial charge in [0.1, 0.15) is 5.75 Å². The van der Waals surface area contributed by atoms with E-state index in [9.17, 15) is 4.79 Å². The SMILES string of the molecule is COCCCNC(=O)c1ccccc1-c1nc(-c2ccc(OC)cc2)no1. The molecule has 140 valence electrons. The molecule has 3 rings (SSSR count). The van der Waals surface area contributed by atoms with Crippen molar-refractivity contribution in [3.05, 3.63) is 54.1 Å². The van der Waals surface area contributed by atoms with E-state index in [-0.39, 0.29) is 5.91 Å². The lowest BCUT2D eigenvalue weighted by Gasteiger charge is -2.07. The monoisotopic (exact) mass is 367 g/mol. The normalized spacial score (nSPS) is 10.6. The Hall–Kier alpha value is -3.19. The molecule has 0 bridgehead atoms. The first-order valence-electron chi connectivity index (χ1n) is 8.57. The maximum Gasteiger partial charge on any atom is 0.259 e. The number of carbonyl (C=O) groups is 1. The summed E-state index contributed by atoms with van der Waals surface area (Å²) in [5, 5.41) is 6.90. The second-order valence-corrected chi connectivity index (χ2v) is 5.80. The fourth-order valence-electron chi connectivity index (χ4n) is 2.57. The van der Waals surface area contributed by atoms with Crippen molar-refractivity contribution < 1.29 is 18.8 Å². The van der Waals surface area contributed by atoms with Crippen LogP contribution in [-0.4, -0.2) is 43.4 Å². The van der Waals surface area contributed by atoms with Gasteiger partial charge < -0.3 is 19.3 Å². The maximum atomic E-state index is 12.5. The summed E-state index contributed by atoms with van der Waals surface area (Å²) in [5.41, 5.74) is 1.88. The lowest BCUT2D eigenvalue weighted by Crippen LogP contribution is -2.25. The molecule has 0 aliphatic carbocycles. The lowest BCUT2D eigenvalue weighted by atomic mass is 10.1. The van der Waals surface area contributed by atoms with Gasteiger partial charge in [-0.15, -0.1) is 0 Å². The van der Waals surface area contributed by atoms with Crippen LogP contribution in [0.5, 0.6) is 5.75 Å². The van der Waals surface area contributed by atoms with Gasteiger partial charge in [0, 0.05) is 25.8 Å². The van der Waals surface area contributed by atoms with E-state index in [1.165, 1.54) is 0 Å². The maximum absolute atomic E-state index is 12.5. The summed E-state index contributed by atoms with van der Waals surface area (Å²) in [7, 11) is 3.24. The molecule has 7 nitrogen and oxygen atoms in total. The number of rotatable bonds is 8. The summed E-state index contributed by atoms with van der Waals surface area (Å²) >= 11 is 0. The first-order valence-corrected chi connectivity index (χ1v) is 8.57. The number of ether oxygens (including phenoxy) is 2. The number of amides is 1. The molecule has 7 heteroatoms.